The van der Waals surface area contributed by atoms with Crippen LogP contribution >= 0.6 is 23.2 Å². The van der Waals surface area contributed by atoms with Crippen molar-refractivity contribution >= 4 is 34.8 Å². The predicted octanol–water partition coefficient (Wildman–Crippen LogP) is 3.91. The van der Waals surface area contributed by atoms with Gasteiger partial charge in [-0.3, -0.25) is 4.79 Å². The number of hydrogen-bond donors (Lipinski definition) is 0. The van der Waals surface area contributed by atoms with Gasteiger partial charge in [-0.2, -0.15) is 0 Å². The van der Waals surface area contributed by atoms with E-state index in [2.05, 4.69) is 4.98 Å². The van der Waals surface area contributed by atoms with Gasteiger partial charge >= 0.3 is 0 Å². The second-order valence-corrected chi connectivity index (χ2v) is 5.83. The molecule has 0 aliphatic carbocycles. The molecule has 6 heteroatoms. The maximum Gasteiger partial charge on any atom is 0.274 e. The predicted molar refractivity (Wildman–Crippen MR) is 87.5 cm³/mol. The van der Waals surface area contributed by atoms with E-state index >= 15 is 0 Å². The van der Waals surface area contributed by atoms with Gasteiger partial charge in [-0.25, -0.2) is 4.98 Å². The summed E-state index contributed by atoms with van der Waals surface area (Å²) in [5.74, 6) is -0.158. The molecule has 0 saturated heterocycles. The fraction of sp³-hybridized carbons (Fsp3) is 0.125. The molecule has 112 valence electrons. The summed E-state index contributed by atoms with van der Waals surface area (Å²) in [4.78, 5) is 18.4. The topological polar surface area (TPSA) is 37.6 Å². The Morgan fingerprint density at radius 1 is 1.27 bits per heavy atom. The van der Waals surface area contributed by atoms with Crippen LogP contribution in [-0.4, -0.2) is 27.2 Å². The Bertz CT molecular complexity index is 811. The van der Waals surface area contributed by atoms with E-state index in [9.17, 15) is 4.79 Å². The summed E-state index contributed by atoms with van der Waals surface area (Å²) >= 11 is 12.0. The van der Waals surface area contributed by atoms with Crippen LogP contribution in [0.5, 0.6) is 0 Å². The number of aromatic nitrogens is 2. The Kier molecular flexibility index (Phi) is 4.05. The number of amides is 1. The van der Waals surface area contributed by atoms with Crippen molar-refractivity contribution in [2.45, 2.75) is 6.54 Å². The van der Waals surface area contributed by atoms with Gasteiger partial charge in [0.25, 0.3) is 5.91 Å². The molecular formula is C16H13Cl2N3O. The number of nitrogens with zero attached hydrogens (tertiary/aromatic N) is 3. The highest BCUT2D eigenvalue weighted by Crippen LogP contribution is 2.22. The Hall–Kier alpha value is -2.04. The van der Waals surface area contributed by atoms with Crippen molar-refractivity contribution in [2.24, 2.45) is 0 Å². The fourth-order valence-electron chi connectivity index (χ4n) is 2.21. The lowest BCUT2D eigenvalue weighted by molar-refractivity contribution is 0.0780. The molecule has 0 saturated carbocycles. The van der Waals surface area contributed by atoms with Gasteiger partial charge in [0.05, 0.1) is 0 Å². The number of halogens is 2. The van der Waals surface area contributed by atoms with E-state index in [-0.39, 0.29) is 5.91 Å². The molecule has 0 unspecified atom stereocenters. The molecule has 22 heavy (non-hydrogen) atoms. The SMILES string of the molecule is CN(Cc1ccc(Cl)cc1Cl)C(=O)c1cn2ccccc2n1. The molecule has 0 N–H and O–H groups in total. The first-order valence-electron chi connectivity index (χ1n) is 6.68. The van der Waals surface area contributed by atoms with Gasteiger partial charge in [0.2, 0.25) is 0 Å². The highest BCUT2D eigenvalue weighted by Gasteiger charge is 2.16. The quantitative estimate of drug-likeness (QED) is 0.728. The van der Waals surface area contributed by atoms with Crippen molar-refractivity contribution in [1.82, 2.24) is 14.3 Å². The molecule has 0 fully saturated rings. The summed E-state index contributed by atoms with van der Waals surface area (Å²) in [5.41, 5.74) is 1.98. The fourth-order valence-corrected chi connectivity index (χ4v) is 2.68. The monoisotopic (exact) mass is 333 g/mol. The van der Waals surface area contributed by atoms with Crippen LogP contribution in [0.1, 0.15) is 16.1 Å². The number of imidazole rings is 1. The van der Waals surface area contributed by atoms with Crippen LogP contribution in [0.2, 0.25) is 10.0 Å². The van der Waals surface area contributed by atoms with E-state index < -0.39 is 0 Å². The summed E-state index contributed by atoms with van der Waals surface area (Å²) in [6.45, 7) is 0.392. The number of hydrogen-bond acceptors (Lipinski definition) is 2. The highest BCUT2D eigenvalue weighted by molar-refractivity contribution is 6.35. The first-order chi connectivity index (χ1) is 10.5. The largest absolute Gasteiger partial charge is 0.336 e. The average Bonchev–Trinajstić information content (AvgIpc) is 2.93. The van der Waals surface area contributed by atoms with Crippen molar-refractivity contribution in [3.05, 3.63) is 70.1 Å². The minimum absolute atomic E-state index is 0.158. The molecule has 2 aromatic heterocycles. The van der Waals surface area contributed by atoms with E-state index in [4.69, 9.17) is 23.2 Å². The summed E-state index contributed by atoms with van der Waals surface area (Å²) < 4.78 is 1.82. The maximum atomic E-state index is 12.5. The zero-order valence-electron chi connectivity index (χ0n) is 11.8. The Labute approximate surface area is 137 Å². The van der Waals surface area contributed by atoms with Crippen molar-refractivity contribution in [1.29, 1.82) is 0 Å². The first-order valence-corrected chi connectivity index (χ1v) is 7.43. The second kappa shape index (κ2) is 5.99. The maximum absolute atomic E-state index is 12.5. The Balaban J connectivity index is 1.81. The van der Waals surface area contributed by atoms with E-state index in [0.717, 1.165) is 11.2 Å². The average molecular weight is 334 g/mol. The molecule has 3 rings (SSSR count). The smallest absolute Gasteiger partial charge is 0.274 e. The molecule has 0 aliphatic heterocycles. The third-order valence-electron chi connectivity index (χ3n) is 3.35. The van der Waals surface area contributed by atoms with Gasteiger partial charge in [0.1, 0.15) is 11.3 Å². The second-order valence-electron chi connectivity index (χ2n) is 4.99. The standard InChI is InChI=1S/C16H13Cl2N3O/c1-20(9-11-5-6-12(17)8-13(11)18)16(22)14-10-21-7-3-2-4-15(21)19-14/h2-8,10H,9H2,1H3. The van der Waals surface area contributed by atoms with Gasteiger partial charge in [-0.1, -0.05) is 35.3 Å². The van der Waals surface area contributed by atoms with Crippen LogP contribution in [0.15, 0.2) is 48.8 Å². The molecule has 0 bridgehead atoms. The molecule has 0 aliphatic rings. The van der Waals surface area contributed by atoms with Gasteiger partial charge in [-0.05, 0) is 29.8 Å². The van der Waals surface area contributed by atoms with Gasteiger partial charge in [0, 0.05) is 36.0 Å². The van der Waals surface area contributed by atoms with Gasteiger partial charge in [0.15, 0.2) is 0 Å². The minimum atomic E-state index is -0.158. The molecule has 3 aromatic rings. The molecule has 1 amide bonds. The van der Waals surface area contributed by atoms with Crippen LogP contribution < -0.4 is 0 Å². The summed E-state index contributed by atoms with van der Waals surface area (Å²) in [5, 5.41) is 1.12. The molecule has 4 nitrogen and oxygen atoms in total. The zero-order chi connectivity index (χ0) is 15.7. The lowest BCUT2D eigenvalue weighted by Crippen LogP contribution is -2.26. The van der Waals surface area contributed by atoms with Crippen LogP contribution in [0.25, 0.3) is 5.65 Å². The Morgan fingerprint density at radius 3 is 2.82 bits per heavy atom. The van der Waals surface area contributed by atoms with Crippen LogP contribution in [0, 0.1) is 0 Å². The van der Waals surface area contributed by atoms with E-state index in [1.807, 2.05) is 34.9 Å². The zero-order valence-corrected chi connectivity index (χ0v) is 13.3. The number of fused-ring (bicyclic) bond motifs is 1. The van der Waals surface area contributed by atoms with Gasteiger partial charge in [-0.15, -0.1) is 0 Å². The summed E-state index contributed by atoms with van der Waals surface area (Å²) in [7, 11) is 1.72. The van der Waals surface area contributed by atoms with Crippen molar-refractivity contribution in [3.8, 4) is 0 Å². The van der Waals surface area contributed by atoms with E-state index in [1.54, 1.807) is 30.3 Å². The molecule has 0 radical (unpaired) electrons. The van der Waals surface area contributed by atoms with Crippen molar-refractivity contribution < 1.29 is 4.79 Å². The third kappa shape index (κ3) is 2.93. The van der Waals surface area contributed by atoms with E-state index in [0.29, 0.717) is 22.3 Å². The molecule has 0 spiro atoms. The highest BCUT2D eigenvalue weighted by atomic mass is 35.5. The molecule has 0 atom stereocenters. The van der Waals surface area contributed by atoms with Crippen molar-refractivity contribution in [3.63, 3.8) is 0 Å². The number of pyridine rings is 1. The van der Waals surface area contributed by atoms with Gasteiger partial charge < -0.3 is 9.30 Å². The lowest BCUT2D eigenvalue weighted by Gasteiger charge is -2.16. The summed E-state index contributed by atoms with van der Waals surface area (Å²) in [6.07, 6.45) is 3.58. The summed E-state index contributed by atoms with van der Waals surface area (Å²) in [6, 6.07) is 10.9. The van der Waals surface area contributed by atoms with E-state index in [1.165, 1.54) is 0 Å². The molecule has 1 aromatic carbocycles. The number of rotatable bonds is 3. The van der Waals surface area contributed by atoms with Crippen LogP contribution in [-0.2, 0) is 6.54 Å². The first kappa shape index (κ1) is 14.9. The van der Waals surface area contributed by atoms with Crippen LogP contribution in [0.4, 0.5) is 0 Å². The Morgan fingerprint density at radius 2 is 2.09 bits per heavy atom. The lowest BCUT2D eigenvalue weighted by atomic mass is 10.2. The van der Waals surface area contributed by atoms with Crippen molar-refractivity contribution in [2.75, 3.05) is 7.05 Å². The number of carbonyl (C=O) groups excluding carboxylic acids is 1. The van der Waals surface area contributed by atoms with Crippen LogP contribution in [0.3, 0.4) is 0 Å². The molecule has 2 heterocycles. The molecular weight excluding hydrogens is 321 g/mol. The number of carbonyl (C=O) groups is 1. The third-order valence-corrected chi connectivity index (χ3v) is 3.94. The number of benzene rings is 1. The minimum Gasteiger partial charge on any atom is -0.336 e. The normalized spacial score (nSPS) is 10.9.